The third-order valence-corrected chi connectivity index (χ3v) is 3.94. The first-order chi connectivity index (χ1) is 9.11. The van der Waals surface area contributed by atoms with Gasteiger partial charge in [0.15, 0.2) is 0 Å². The highest BCUT2D eigenvalue weighted by atomic mass is 19.1. The third kappa shape index (κ3) is 3.06. The minimum atomic E-state index is -1.07. The molecule has 0 aliphatic heterocycles. The molecule has 1 saturated carbocycles. The Hall–Kier alpha value is -1.58. The van der Waals surface area contributed by atoms with Crippen molar-refractivity contribution >= 4 is 11.7 Å². The van der Waals surface area contributed by atoms with Gasteiger partial charge >= 0.3 is 5.97 Å². The standard InChI is InChI=1S/C15H20FNO2/c1-17(11-7-4-2-3-5-8-11)14-12(15(18)19)9-6-10-13(14)16/h6,9-11H,2-5,7-8H2,1H3,(H,18,19). The number of halogens is 1. The van der Waals surface area contributed by atoms with Crippen molar-refractivity contribution in [3.05, 3.63) is 29.6 Å². The van der Waals surface area contributed by atoms with E-state index in [0.717, 1.165) is 25.7 Å². The van der Waals surface area contributed by atoms with E-state index in [0.29, 0.717) is 0 Å². The van der Waals surface area contributed by atoms with Crippen LogP contribution in [0.5, 0.6) is 0 Å². The number of nitrogens with zero attached hydrogens (tertiary/aromatic N) is 1. The average Bonchev–Trinajstić information content (AvgIpc) is 2.66. The number of carboxylic acids is 1. The Morgan fingerprint density at radius 1 is 1.26 bits per heavy atom. The smallest absolute Gasteiger partial charge is 0.337 e. The van der Waals surface area contributed by atoms with Crippen LogP contribution < -0.4 is 4.90 Å². The number of benzene rings is 1. The Morgan fingerprint density at radius 3 is 2.47 bits per heavy atom. The molecule has 2 rings (SSSR count). The second-order valence-electron chi connectivity index (χ2n) is 5.20. The van der Waals surface area contributed by atoms with E-state index in [1.165, 1.54) is 31.0 Å². The van der Waals surface area contributed by atoms with Gasteiger partial charge in [-0.1, -0.05) is 31.7 Å². The van der Waals surface area contributed by atoms with E-state index < -0.39 is 11.8 Å². The molecule has 0 aromatic heterocycles. The van der Waals surface area contributed by atoms with Crippen LogP contribution in [0.3, 0.4) is 0 Å². The van der Waals surface area contributed by atoms with Gasteiger partial charge in [-0.2, -0.15) is 0 Å². The molecule has 0 saturated heterocycles. The van der Waals surface area contributed by atoms with Crippen LogP contribution in [0.4, 0.5) is 10.1 Å². The van der Waals surface area contributed by atoms with Gasteiger partial charge < -0.3 is 10.0 Å². The van der Waals surface area contributed by atoms with Crippen molar-refractivity contribution in [3.63, 3.8) is 0 Å². The molecule has 0 heterocycles. The van der Waals surface area contributed by atoms with Crippen molar-refractivity contribution in [1.82, 2.24) is 0 Å². The third-order valence-electron chi connectivity index (χ3n) is 3.94. The lowest BCUT2D eigenvalue weighted by Gasteiger charge is -2.30. The van der Waals surface area contributed by atoms with E-state index in [1.807, 2.05) is 4.90 Å². The van der Waals surface area contributed by atoms with Crippen molar-refractivity contribution in [1.29, 1.82) is 0 Å². The second-order valence-corrected chi connectivity index (χ2v) is 5.20. The van der Waals surface area contributed by atoms with Gasteiger partial charge in [0.05, 0.1) is 11.3 Å². The highest BCUT2D eigenvalue weighted by Crippen LogP contribution is 2.30. The van der Waals surface area contributed by atoms with E-state index in [-0.39, 0.29) is 17.3 Å². The molecular formula is C15H20FNO2. The quantitative estimate of drug-likeness (QED) is 0.847. The number of anilines is 1. The average molecular weight is 265 g/mol. The normalized spacial score (nSPS) is 16.9. The molecule has 1 aromatic rings. The fourth-order valence-corrected chi connectivity index (χ4v) is 2.87. The van der Waals surface area contributed by atoms with Gasteiger partial charge in [-0.25, -0.2) is 9.18 Å². The Morgan fingerprint density at radius 2 is 1.89 bits per heavy atom. The predicted octanol–water partition coefficient (Wildman–Crippen LogP) is 3.68. The first kappa shape index (κ1) is 13.8. The van der Waals surface area contributed by atoms with Gasteiger partial charge in [0.2, 0.25) is 0 Å². The van der Waals surface area contributed by atoms with E-state index in [9.17, 15) is 14.3 Å². The van der Waals surface area contributed by atoms with Crippen molar-refractivity contribution in [2.24, 2.45) is 0 Å². The van der Waals surface area contributed by atoms with Crippen LogP contribution in [-0.4, -0.2) is 24.2 Å². The lowest BCUT2D eigenvalue weighted by atomic mass is 10.0. The molecule has 0 spiro atoms. The number of carbonyl (C=O) groups is 1. The van der Waals surface area contributed by atoms with Crippen molar-refractivity contribution < 1.29 is 14.3 Å². The molecule has 104 valence electrons. The molecule has 4 heteroatoms. The van der Waals surface area contributed by atoms with Crippen LogP contribution in [0.2, 0.25) is 0 Å². The minimum Gasteiger partial charge on any atom is -0.478 e. The molecule has 0 bridgehead atoms. The van der Waals surface area contributed by atoms with E-state index in [1.54, 1.807) is 7.05 Å². The first-order valence-electron chi connectivity index (χ1n) is 6.86. The highest BCUT2D eigenvalue weighted by molar-refractivity contribution is 5.94. The summed E-state index contributed by atoms with van der Waals surface area (Å²) >= 11 is 0. The molecule has 1 aliphatic rings. The van der Waals surface area contributed by atoms with Gasteiger partial charge in [0, 0.05) is 13.1 Å². The fraction of sp³-hybridized carbons (Fsp3) is 0.533. The van der Waals surface area contributed by atoms with Gasteiger partial charge in [-0.3, -0.25) is 0 Å². The lowest BCUT2D eigenvalue weighted by Crippen LogP contribution is -2.33. The summed E-state index contributed by atoms with van der Waals surface area (Å²) < 4.78 is 14.0. The van der Waals surface area contributed by atoms with Crippen molar-refractivity contribution in [3.8, 4) is 0 Å². The van der Waals surface area contributed by atoms with E-state index >= 15 is 0 Å². The summed E-state index contributed by atoms with van der Waals surface area (Å²) in [5.41, 5.74) is 0.272. The second kappa shape index (κ2) is 6.04. The molecule has 1 aromatic carbocycles. The zero-order valence-corrected chi connectivity index (χ0v) is 11.2. The minimum absolute atomic E-state index is 0.0479. The maximum Gasteiger partial charge on any atom is 0.337 e. The fourth-order valence-electron chi connectivity index (χ4n) is 2.87. The molecule has 1 aliphatic carbocycles. The molecular weight excluding hydrogens is 245 g/mol. The van der Waals surface area contributed by atoms with Crippen LogP contribution in [-0.2, 0) is 0 Å². The number of carboxylic acid groups (broad SMARTS) is 1. The summed E-state index contributed by atoms with van der Waals surface area (Å²) in [6.45, 7) is 0. The van der Waals surface area contributed by atoms with Crippen molar-refractivity contribution in [2.75, 3.05) is 11.9 Å². The maximum atomic E-state index is 14.0. The maximum absolute atomic E-state index is 14.0. The summed E-state index contributed by atoms with van der Waals surface area (Å²) in [5, 5.41) is 9.20. The topological polar surface area (TPSA) is 40.5 Å². The molecule has 3 nitrogen and oxygen atoms in total. The summed E-state index contributed by atoms with van der Waals surface area (Å²) in [6, 6.07) is 4.48. The van der Waals surface area contributed by atoms with E-state index in [2.05, 4.69) is 0 Å². The summed E-state index contributed by atoms with van der Waals surface area (Å²) in [5.74, 6) is -1.53. The number of para-hydroxylation sites is 1. The summed E-state index contributed by atoms with van der Waals surface area (Å²) in [6.07, 6.45) is 6.70. The Kier molecular flexibility index (Phi) is 4.40. The van der Waals surface area contributed by atoms with E-state index in [4.69, 9.17) is 0 Å². The Bertz CT molecular complexity index is 453. The Balaban J connectivity index is 2.31. The van der Waals surface area contributed by atoms with Gasteiger partial charge in [-0.15, -0.1) is 0 Å². The van der Waals surface area contributed by atoms with Gasteiger partial charge in [-0.05, 0) is 25.0 Å². The summed E-state index contributed by atoms with van der Waals surface area (Å²) in [4.78, 5) is 13.1. The molecule has 0 amide bonds. The molecule has 19 heavy (non-hydrogen) atoms. The zero-order valence-electron chi connectivity index (χ0n) is 11.2. The number of hydrogen-bond donors (Lipinski definition) is 1. The van der Waals surface area contributed by atoms with Crippen LogP contribution in [0.25, 0.3) is 0 Å². The SMILES string of the molecule is CN(c1c(F)cccc1C(=O)O)C1CCCCCC1. The molecule has 0 radical (unpaired) electrons. The highest BCUT2D eigenvalue weighted by Gasteiger charge is 2.24. The monoisotopic (exact) mass is 265 g/mol. The molecule has 0 atom stereocenters. The number of aromatic carboxylic acids is 1. The van der Waals surface area contributed by atoms with Crippen LogP contribution in [0.1, 0.15) is 48.9 Å². The lowest BCUT2D eigenvalue weighted by molar-refractivity contribution is 0.0697. The number of rotatable bonds is 3. The Labute approximate surface area is 113 Å². The van der Waals surface area contributed by atoms with Crippen molar-refractivity contribution in [2.45, 2.75) is 44.6 Å². The molecule has 1 fully saturated rings. The zero-order chi connectivity index (χ0) is 13.8. The predicted molar refractivity (Wildman–Crippen MR) is 73.3 cm³/mol. The van der Waals surface area contributed by atoms with Gasteiger partial charge in [0.25, 0.3) is 0 Å². The largest absolute Gasteiger partial charge is 0.478 e. The first-order valence-corrected chi connectivity index (χ1v) is 6.86. The molecule has 0 unspecified atom stereocenters. The van der Waals surface area contributed by atoms with Crippen LogP contribution >= 0.6 is 0 Å². The van der Waals surface area contributed by atoms with Crippen LogP contribution in [0.15, 0.2) is 18.2 Å². The summed E-state index contributed by atoms with van der Waals surface area (Å²) in [7, 11) is 1.81. The number of hydrogen-bond acceptors (Lipinski definition) is 2. The van der Waals surface area contributed by atoms with Crippen LogP contribution in [0, 0.1) is 5.82 Å². The molecule has 1 N–H and O–H groups in total. The van der Waals surface area contributed by atoms with Gasteiger partial charge in [0.1, 0.15) is 5.82 Å².